The number of anilines is 1. The minimum atomic E-state index is -0.112. The molecule has 18 heavy (non-hydrogen) atoms. The van der Waals surface area contributed by atoms with Gasteiger partial charge in [-0.3, -0.25) is 4.79 Å². The summed E-state index contributed by atoms with van der Waals surface area (Å²) in [6.07, 6.45) is 0. The molecule has 0 saturated carbocycles. The van der Waals surface area contributed by atoms with E-state index in [1.165, 1.54) is 11.3 Å². The molecule has 3 nitrogen and oxygen atoms in total. The summed E-state index contributed by atoms with van der Waals surface area (Å²) in [7, 11) is 0. The van der Waals surface area contributed by atoms with Crippen molar-refractivity contribution in [3.05, 3.63) is 28.1 Å². The zero-order valence-electron chi connectivity index (χ0n) is 10.3. The summed E-state index contributed by atoms with van der Waals surface area (Å²) in [5, 5.41) is 4.35. The van der Waals surface area contributed by atoms with Crippen LogP contribution in [0.1, 0.15) is 23.5 Å². The van der Waals surface area contributed by atoms with Gasteiger partial charge >= 0.3 is 0 Å². The molecule has 96 valence electrons. The Balaban J connectivity index is 2.34. The van der Waals surface area contributed by atoms with Crippen LogP contribution in [0.4, 0.5) is 5.69 Å². The van der Waals surface area contributed by atoms with Gasteiger partial charge in [-0.15, -0.1) is 11.3 Å². The first-order valence-corrected chi connectivity index (χ1v) is 6.94. The van der Waals surface area contributed by atoms with E-state index in [0.29, 0.717) is 28.0 Å². The van der Waals surface area contributed by atoms with Gasteiger partial charge in [0.2, 0.25) is 0 Å². The molecule has 2 rings (SSSR count). The Kier molecular flexibility index (Phi) is 3.78. The van der Waals surface area contributed by atoms with Gasteiger partial charge in [-0.25, -0.2) is 0 Å². The first-order valence-electron chi connectivity index (χ1n) is 5.74. The summed E-state index contributed by atoms with van der Waals surface area (Å²) in [5.41, 5.74) is 6.52. The average molecular weight is 283 g/mol. The zero-order chi connectivity index (χ0) is 13.3. The van der Waals surface area contributed by atoms with Gasteiger partial charge in [0.05, 0.1) is 5.69 Å². The van der Waals surface area contributed by atoms with Crippen molar-refractivity contribution in [2.24, 2.45) is 5.92 Å². The predicted molar refractivity (Wildman–Crippen MR) is 78.4 cm³/mol. The van der Waals surface area contributed by atoms with Crippen LogP contribution in [0.5, 0.6) is 0 Å². The molecule has 2 aromatic rings. The van der Waals surface area contributed by atoms with Crippen LogP contribution in [0.15, 0.2) is 18.2 Å². The second kappa shape index (κ2) is 5.16. The number of nitrogens with one attached hydrogen (secondary N) is 1. The standard InChI is InChI=1S/C13H15ClN2OS/c1-7(2)6-16-13(17)12-11(15)9-5-8(14)3-4-10(9)18-12/h3-5,7H,6,15H2,1-2H3,(H,16,17). The summed E-state index contributed by atoms with van der Waals surface area (Å²) in [6.45, 7) is 4.75. The number of hydrogen-bond donors (Lipinski definition) is 2. The fourth-order valence-electron chi connectivity index (χ4n) is 1.63. The van der Waals surface area contributed by atoms with E-state index >= 15 is 0 Å². The second-order valence-corrected chi connectivity index (χ2v) is 6.08. The summed E-state index contributed by atoms with van der Waals surface area (Å²) in [5.74, 6) is 0.303. The maximum absolute atomic E-state index is 12.0. The van der Waals surface area contributed by atoms with Gasteiger partial charge in [0.1, 0.15) is 4.88 Å². The van der Waals surface area contributed by atoms with Crippen LogP contribution in [0.2, 0.25) is 5.02 Å². The lowest BCUT2D eigenvalue weighted by Gasteiger charge is -2.06. The van der Waals surface area contributed by atoms with Crippen molar-refractivity contribution in [2.45, 2.75) is 13.8 Å². The van der Waals surface area contributed by atoms with Gasteiger partial charge in [0.15, 0.2) is 0 Å². The fourth-order valence-corrected chi connectivity index (χ4v) is 2.83. The fraction of sp³-hybridized carbons (Fsp3) is 0.308. The highest BCUT2D eigenvalue weighted by Crippen LogP contribution is 2.35. The van der Waals surface area contributed by atoms with Crippen molar-refractivity contribution in [3.63, 3.8) is 0 Å². The monoisotopic (exact) mass is 282 g/mol. The molecule has 5 heteroatoms. The van der Waals surface area contributed by atoms with E-state index in [0.717, 1.165) is 10.1 Å². The van der Waals surface area contributed by atoms with E-state index < -0.39 is 0 Å². The average Bonchev–Trinajstić information content (AvgIpc) is 2.64. The van der Waals surface area contributed by atoms with E-state index in [1.54, 1.807) is 12.1 Å². The Morgan fingerprint density at radius 1 is 1.50 bits per heavy atom. The van der Waals surface area contributed by atoms with Crippen molar-refractivity contribution >= 4 is 44.6 Å². The molecule has 1 heterocycles. The molecule has 3 N–H and O–H groups in total. The van der Waals surface area contributed by atoms with Gasteiger partial charge < -0.3 is 11.1 Å². The maximum atomic E-state index is 12.0. The maximum Gasteiger partial charge on any atom is 0.263 e. The number of carbonyl (C=O) groups excluding carboxylic acids is 1. The highest BCUT2D eigenvalue weighted by atomic mass is 35.5. The minimum absolute atomic E-state index is 0.112. The molecule has 1 aromatic heterocycles. The first-order chi connectivity index (χ1) is 8.49. The number of rotatable bonds is 3. The lowest BCUT2D eigenvalue weighted by Crippen LogP contribution is -2.27. The summed E-state index contributed by atoms with van der Waals surface area (Å²) < 4.78 is 0.978. The number of carbonyl (C=O) groups is 1. The quantitative estimate of drug-likeness (QED) is 0.905. The van der Waals surface area contributed by atoms with Crippen LogP contribution in [0.25, 0.3) is 10.1 Å². The Bertz CT molecular complexity index is 592. The largest absolute Gasteiger partial charge is 0.397 e. The van der Waals surface area contributed by atoms with E-state index in [2.05, 4.69) is 5.32 Å². The van der Waals surface area contributed by atoms with Crippen molar-refractivity contribution in [1.29, 1.82) is 0 Å². The molecular formula is C13H15ClN2OS. The smallest absolute Gasteiger partial charge is 0.263 e. The predicted octanol–water partition coefficient (Wildman–Crippen LogP) is 3.52. The van der Waals surface area contributed by atoms with Crippen molar-refractivity contribution in [3.8, 4) is 0 Å². The summed E-state index contributed by atoms with van der Waals surface area (Å²) in [6, 6.07) is 5.48. The third-order valence-electron chi connectivity index (χ3n) is 2.57. The van der Waals surface area contributed by atoms with Gasteiger partial charge in [0.25, 0.3) is 5.91 Å². The SMILES string of the molecule is CC(C)CNC(=O)c1sc2ccc(Cl)cc2c1N. The van der Waals surface area contributed by atoms with Crippen LogP contribution in [-0.2, 0) is 0 Å². The normalized spacial score (nSPS) is 11.1. The number of halogens is 1. The lowest BCUT2D eigenvalue weighted by molar-refractivity contribution is 0.0954. The van der Waals surface area contributed by atoms with Crippen molar-refractivity contribution in [1.82, 2.24) is 5.32 Å². The van der Waals surface area contributed by atoms with Crippen LogP contribution in [0, 0.1) is 5.92 Å². The minimum Gasteiger partial charge on any atom is -0.397 e. The first kappa shape index (κ1) is 13.2. The molecule has 1 aromatic carbocycles. The molecule has 0 spiro atoms. The molecule has 0 unspecified atom stereocenters. The zero-order valence-corrected chi connectivity index (χ0v) is 11.9. The Hall–Kier alpha value is -1.26. The van der Waals surface area contributed by atoms with E-state index in [9.17, 15) is 4.79 Å². The number of nitrogen functional groups attached to an aromatic ring is 1. The number of thiophene rings is 1. The third-order valence-corrected chi connectivity index (χ3v) is 3.99. The number of benzene rings is 1. The van der Waals surface area contributed by atoms with Crippen LogP contribution < -0.4 is 11.1 Å². The molecule has 0 aliphatic rings. The second-order valence-electron chi connectivity index (χ2n) is 4.59. The summed E-state index contributed by atoms with van der Waals surface area (Å²) in [4.78, 5) is 12.6. The van der Waals surface area contributed by atoms with Gasteiger partial charge in [-0.2, -0.15) is 0 Å². The molecule has 0 saturated heterocycles. The van der Waals surface area contributed by atoms with E-state index in [1.807, 2.05) is 19.9 Å². The molecule has 0 atom stereocenters. The molecule has 0 aliphatic carbocycles. The Labute approximate surface area is 115 Å². The third kappa shape index (κ3) is 2.60. The van der Waals surface area contributed by atoms with E-state index in [4.69, 9.17) is 17.3 Å². The number of nitrogens with two attached hydrogens (primary N) is 1. The van der Waals surface area contributed by atoms with Gasteiger partial charge in [-0.05, 0) is 24.1 Å². The van der Waals surface area contributed by atoms with Gasteiger partial charge in [-0.1, -0.05) is 25.4 Å². The van der Waals surface area contributed by atoms with Gasteiger partial charge in [0, 0.05) is 21.7 Å². The molecule has 0 radical (unpaired) electrons. The molecule has 1 amide bonds. The molecule has 0 bridgehead atoms. The molecule has 0 fully saturated rings. The van der Waals surface area contributed by atoms with Crippen molar-refractivity contribution in [2.75, 3.05) is 12.3 Å². The lowest BCUT2D eigenvalue weighted by atomic mass is 10.2. The summed E-state index contributed by atoms with van der Waals surface area (Å²) >= 11 is 7.33. The highest BCUT2D eigenvalue weighted by Gasteiger charge is 2.16. The van der Waals surface area contributed by atoms with E-state index in [-0.39, 0.29) is 5.91 Å². The topological polar surface area (TPSA) is 55.1 Å². The Morgan fingerprint density at radius 2 is 2.22 bits per heavy atom. The number of hydrogen-bond acceptors (Lipinski definition) is 3. The van der Waals surface area contributed by atoms with Crippen molar-refractivity contribution < 1.29 is 4.79 Å². The van der Waals surface area contributed by atoms with Crippen LogP contribution in [-0.4, -0.2) is 12.5 Å². The number of fused-ring (bicyclic) bond motifs is 1. The van der Waals surface area contributed by atoms with Crippen LogP contribution >= 0.6 is 22.9 Å². The van der Waals surface area contributed by atoms with Crippen LogP contribution in [0.3, 0.4) is 0 Å². The highest BCUT2D eigenvalue weighted by molar-refractivity contribution is 7.21. The molecule has 0 aliphatic heterocycles. The molecular weight excluding hydrogens is 268 g/mol. The Morgan fingerprint density at radius 3 is 2.89 bits per heavy atom. The number of amides is 1.